The van der Waals surface area contributed by atoms with Crippen molar-refractivity contribution in [3.05, 3.63) is 48.2 Å². The number of nitrogens with one attached hydrogen (secondary N) is 1. The van der Waals surface area contributed by atoms with Gasteiger partial charge >= 0.3 is 0 Å². The number of nitrogens with two attached hydrogens (primary N) is 1. The zero-order valence-corrected chi connectivity index (χ0v) is 11.9. The Morgan fingerprint density at radius 2 is 2.32 bits per heavy atom. The monoisotopic (exact) mass is 298 g/mol. The Kier molecular flexibility index (Phi) is 3.57. The molecule has 0 unspecified atom stereocenters. The van der Waals surface area contributed by atoms with Crippen LogP contribution in [0.1, 0.15) is 16.4 Å². The Bertz CT molecular complexity index is 793. The second-order valence-corrected chi connectivity index (χ2v) is 4.68. The fourth-order valence-electron chi connectivity index (χ4n) is 1.99. The molecule has 8 nitrogen and oxygen atoms in total. The van der Waals surface area contributed by atoms with E-state index >= 15 is 0 Å². The van der Waals surface area contributed by atoms with Crippen LogP contribution in [-0.2, 0) is 13.6 Å². The molecule has 0 aliphatic rings. The number of hydrogen-bond acceptors (Lipinski definition) is 6. The predicted octanol–water partition coefficient (Wildman–Crippen LogP) is 0.982. The van der Waals surface area contributed by atoms with Crippen LogP contribution in [0.3, 0.4) is 0 Å². The first-order chi connectivity index (χ1) is 10.6. The maximum atomic E-state index is 12.0. The molecule has 22 heavy (non-hydrogen) atoms. The lowest BCUT2D eigenvalue weighted by Gasteiger charge is -2.02. The van der Waals surface area contributed by atoms with Crippen molar-refractivity contribution in [1.82, 2.24) is 25.0 Å². The van der Waals surface area contributed by atoms with E-state index in [9.17, 15) is 4.79 Å². The van der Waals surface area contributed by atoms with E-state index in [1.807, 2.05) is 6.07 Å². The Morgan fingerprint density at radius 1 is 1.45 bits per heavy atom. The molecule has 1 amide bonds. The highest BCUT2D eigenvalue weighted by atomic mass is 16.5. The second-order valence-electron chi connectivity index (χ2n) is 4.68. The van der Waals surface area contributed by atoms with E-state index in [1.165, 1.54) is 0 Å². The van der Waals surface area contributed by atoms with Crippen LogP contribution < -0.4 is 11.1 Å². The third kappa shape index (κ3) is 2.80. The topological polar surface area (TPSA) is 112 Å². The van der Waals surface area contributed by atoms with Crippen LogP contribution in [-0.4, -0.2) is 25.6 Å². The van der Waals surface area contributed by atoms with Crippen LogP contribution in [0, 0.1) is 0 Å². The number of hydrogen-bond donors (Lipinski definition) is 2. The molecule has 3 heterocycles. The van der Waals surface area contributed by atoms with Crippen molar-refractivity contribution in [3.63, 3.8) is 0 Å². The maximum absolute atomic E-state index is 12.0. The summed E-state index contributed by atoms with van der Waals surface area (Å²) in [6, 6.07) is 7.01. The number of carbonyl (C=O) groups excluding carboxylic acids is 1. The summed E-state index contributed by atoms with van der Waals surface area (Å²) in [6.45, 7) is 0.129. The van der Waals surface area contributed by atoms with Crippen LogP contribution >= 0.6 is 0 Å². The third-order valence-corrected chi connectivity index (χ3v) is 3.02. The lowest BCUT2D eigenvalue weighted by molar-refractivity contribution is 0.0938. The first kappa shape index (κ1) is 13.8. The summed E-state index contributed by atoms with van der Waals surface area (Å²) in [5.41, 5.74) is 7.24. The average Bonchev–Trinajstić information content (AvgIpc) is 3.12. The third-order valence-electron chi connectivity index (χ3n) is 3.02. The zero-order chi connectivity index (χ0) is 15.5. The van der Waals surface area contributed by atoms with Crippen molar-refractivity contribution in [1.29, 1.82) is 0 Å². The Morgan fingerprint density at radius 3 is 3.00 bits per heavy atom. The van der Waals surface area contributed by atoms with Gasteiger partial charge in [0.2, 0.25) is 11.7 Å². The number of carbonyl (C=O) groups is 1. The van der Waals surface area contributed by atoms with E-state index < -0.39 is 0 Å². The molecular formula is C14H14N6O2. The van der Waals surface area contributed by atoms with Gasteiger partial charge in [0, 0.05) is 19.4 Å². The molecule has 0 radical (unpaired) electrons. The molecule has 0 saturated carbocycles. The van der Waals surface area contributed by atoms with Gasteiger partial charge in [-0.05, 0) is 18.2 Å². The molecular weight excluding hydrogens is 284 g/mol. The molecule has 0 aromatic carbocycles. The molecule has 3 rings (SSSR count). The van der Waals surface area contributed by atoms with Gasteiger partial charge in [-0.3, -0.25) is 9.78 Å². The molecule has 8 heteroatoms. The molecule has 3 aromatic rings. The van der Waals surface area contributed by atoms with E-state index in [4.69, 9.17) is 10.3 Å². The van der Waals surface area contributed by atoms with Gasteiger partial charge in [-0.2, -0.15) is 4.98 Å². The number of anilines is 1. The summed E-state index contributed by atoms with van der Waals surface area (Å²) < 4.78 is 6.74. The van der Waals surface area contributed by atoms with E-state index in [1.54, 1.807) is 42.2 Å². The highest BCUT2D eigenvalue weighted by molar-refractivity contribution is 5.93. The predicted molar refractivity (Wildman–Crippen MR) is 78.5 cm³/mol. The summed E-state index contributed by atoms with van der Waals surface area (Å²) in [4.78, 5) is 20.4. The van der Waals surface area contributed by atoms with Crippen LogP contribution in [0.4, 0.5) is 5.69 Å². The number of nitrogen functional groups attached to an aromatic ring is 1. The first-order valence-electron chi connectivity index (χ1n) is 6.57. The normalized spacial score (nSPS) is 10.6. The minimum Gasteiger partial charge on any atom is -0.397 e. The number of amides is 1. The standard InChI is InChI=1S/C14H14N6O2/c1-20-8-9(15)6-11(20)14(21)17-7-12-18-13(19-22-12)10-4-2-3-5-16-10/h2-6,8H,7,15H2,1H3,(H,17,21). The number of pyridine rings is 1. The lowest BCUT2D eigenvalue weighted by Crippen LogP contribution is -2.24. The van der Waals surface area contributed by atoms with E-state index in [0.717, 1.165) is 0 Å². The molecule has 0 spiro atoms. The van der Waals surface area contributed by atoms with Crippen LogP contribution in [0.5, 0.6) is 0 Å². The van der Waals surface area contributed by atoms with Gasteiger partial charge < -0.3 is 20.1 Å². The van der Waals surface area contributed by atoms with Gasteiger partial charge in [-0.15, -0.1) is 0 Å². The molecule has 3 N–H and O–H groups in total. The van der Waals surface area contributed by atoms with Crippen molar-refractivity contribution < 1.29 is 9.32 Å². The number of nitrogens with zero attached hydrogens (tertiary/aromatic N) is 4. The molecule has 3 aromatic heterocycles. The van der Waals surface area contributed by atoms with E-state index in [-0.39, 0.29) is 12.5 Å². The van der Waals surface area contributed by atoms with Gasteiger partial charge in [0.15, 0.2) is 0 Å². The van der Waals surface area contributed by atoms with Crippen LogP contribution in [0.25, 0.3) is 11.5 Å². The highest BCUT2D eigenvalue weighted by Gasteiger charge is 2.13. The van der Waals surface area contributed by atoms with Gasteiger partial charge in [0.1, 0.15) is 11.4 Å². The van der Waals surface area contributed by atoms with Crippen molar-refractivity contribution >= 4 is 11.6 Å². The smallest absolute Gasteiger partial charge is 0.268 e. The Labute approximate surface area is 126 Å². The number of rotatable bonds is 4. The quantitative estimate of drug-likeness (QED) is 0.742. The molecule has 0 fully saturated rings. The van der Waals surface area contributed by atoms with Crippen molar-refractivity contribution in [2.24, 2.45) is 7.05 Å². The minimum absolute atomic E-state index is 0.129. The van der Waals surface area contributed by atoms with Crippen LogP contribution in [0.2, 0.25) is 0 Å². The average molecular weight is 298 g/mol. The first-order valence-corrected chi connectivity index (χ1v) is 6.57. The fourth-order valence-corrected chi connectivity index (χ4v) is 1.99. The lowest BCUT2D eigenvalue weighted by atomic mass is 10.3. The van der Waals surface area contributed by atoms with Gasteiger partial charge in [-0.1, -0.05) is 11.2 Å². The van der Waals surface area contributed by atoms with Crippen molar-refractivity contribution in [2.75, 3.05) is 5.73 Å². The minimum atomic E-state index is -0.267. The summed E-state index contributed by atoms with van der Waals surface area (Å²) in [7, 11) is 1.75. The summed E-state index contributed by atoms with van der Waals surface area (Å²) in [5.74, 6) is 0.418. The van der Waals surface area contributed by atoms with E-state index in [0.29, 0.717) is 28.8 Å². The molecule has 0 aliphatic heterocycles. The SMILES string of the molecule is Cn1cc(N)cc1C(=O)NCc1nc(-c2ccccn2)no1. The largest absolute Gasteiger partial charge is 0.397 e. The summed E-state index contributed by atoms with van der Waals surface area (Å²) >= 11 is 0. The summed E-state index contributed by atoms with van der Waals surface area (Å²) in [5, 5.41) is 6.54. The molecule has 0 aliphatic carbocycles. The van der Waals surface area contributed by atoms with Crippen molar-refractivity contribution in [3.8, 4) is 11.5 Å². The van der Waals surface area contributed by atoms with Gasteiger partial charge in [0.25, 0.3) is 5.91 Å². The second kappa shape index (κ2) is 5.68. The maximum Gasteiger partial charge on any atom is 0.268 e. The van der Waals surface area contributed by atoms with Crippen LogP contribution in [0.15, 0.2) is 41.2 Å². The zero-order valence-electron chi connectivity index (χ0n) is 11.9. The van der Waals surface area contributed by atoms with Crippen molar-refractivity contribution in [2.45, 2.75) is 6.54 Å². The molecule has 0 bridgehead atoms. The fraction of sp³-hybridized carbons (Fsp3) is 0.143. The van der Waals surface area contributed by atoms with Gasteiger partial charge in [-0.25, -0.2) is 0 Å². The summed E-state index contributed by atoms with van der Waals surface area (Å²) in [6.07, 6.45) is 3.31. The van der Waals surface area contributed by atoms with E-state index in [2.05, 4.69) is 20.4 Å². The van der Waals surface area contributed by atoms with Gasteiger partial charge in [0.05, 0.1) is 12.2 Å². The molecule has 112 valence electrons. The molecule has 0 saturated heterocycles. The molecule has 0 atom stereocenters. The number of aromatic nitrogens is 4. The number of aryl methyl sites for hydroxylation is 1. The Hall–Kier alpha value is -3.16. The Balaban J connectivity index is 1.66. The highest BCUT2D eigenvalue weighted by Crippen LogP contribution is 2.12.